The Kier molecular flexibility index (Phi) is 5.28. The lowest BCUT2D eigenvalue weighted by Crippen LogP contribution is -2.39. The van der Waals surface area contributed by atoms with E-state index in [9.17, 15) is 5.11 Å². The minimum absolute atomic E-state index is 0.0623. The lowest BCUT2D eigenvalue weighted by molar-refractivity contribution is 0.233. The van der Waals surface area contributed by atoms with Crippen molar-refractivity contribution in [1.82, 2.24) is 0 Å². The number of benzene rings is 1. The number of aliphatic hydroxyl groups is 1. The van der Waals surface area contributed by atoms with E-state index >= 15 is 0 Å². The SMILES string of the molecule is COc1ccc(N(C)C(CO)C(C)C)c(OC)c1. The highest BCUT2D eigenvalue weighted by atomic mass is 16.5. The molecule has 0 amide bonds. The first-order valence-corrected chi connectivity index (χ1v) is 6.10. The van der Waals surface area contributed by atoms with Gasteiger partial charge in [0, 0.05) is 13.1 Å². The van der Waals surface area contributed by atoms with Gasteiger partial charge in [0.15, 0.2) is 0 Å². The molecule has 0 fully saturated rings. The van der Waals surface area contributed by atoms with Crippen molar-refractivity contribution in [3.8, 4) is 11.5 Å². The highest BCUT2D eigenvalue weighted by Crippen LogP contribution is 2.33. The molecule has 1 rings (SSSR count). The number of hydrogen-bond donors (Lipinski definition) is 1. The maximum absolute atomic E-state index is 9.49. The van der Waals surface area contributed by atoms with Crippen LogP contribution >= 0.6 is 0 Å². The summed E-state index contributed by atoms with van der Waals surface area (Å²) in [5.41, 5.74) is 0.950. The highest BCUT2D eigenvalue weighted by Gasteiger charge is 2.20. The molecule has 0 radical (unpaired) electrons. The van der Waals surface area contributed by atoms with Gasteiger partial charge in [0.05, 0.1) is 32.6 Å². The van der Waals surface area contributed by atoms with E-state index in [1.807, 2.05) is 30.1 Å². The van der Waals surface area contributed by atoms with Gasteiger partial charge in [0.1, 0.15) is 11.5 Å². The maximum Gasteiger partial charge on any atom is 0.145 e. The van der Waals surface area contributed by atoms with E-state index < -0.39 is 0 Å². The van der Waals surface area contributed by atoms with Gasteiger partial charge in [-0.3, -0.25) is 0 Å². The number of likely N-dealkylation sites (N-methyl/N-ethyl adjacent to an activating group) is 1. The monoisotopic (exact) mass is 253 g/mol. The molecule has 0 aliphatic heterocycles. The van der Waals surface area contributed by atoms with Crippen molar-refractivity contribution in [3.63, 3.8) is 0 Å². The molecule has 0 aromatic heterocycles. The fraction of sp³-hybridized carbons (Fsp3) is 0.571. The van der Waals surface area contributed by atoms with E-state index in [-0.39, 0.29) is 12.6 Å². The minimum Gasteiger partial charge on any atom is -0.497 e. The second-order valence-electron chi connectivity index (χ2n) is 4.64. The van der Waals surface area contributed by atoms with Gasteiger partial charge in [-0.2, -0.15) is 0 Å². The Balaban J connectivity index is 3.07. The molecule has 1 unspecified atom stereocenters. The van der Waals surface area contributed by atoms with Crippen molar-refractivity contribution >= 4 is 5.69 Å². The molecule has 1 N–H and O–H groups in total. The van der Waals surface area contributed by atoms with Crippen LogP contribution < -0.4 is 14.4 Å². The first kappa shape index (κ1) is 14.6. The molecule has 4 heteroatoms. The highest BCUT2D eigenvalue weighted by molar-refractivity contribution is 5.61. The number of rotatable bonds is 6. The van der Waals surface area contributed by atoms with Gasteiger partial charge in [-0.1, -0.05) is 13.8 Å². The lowest BCUT2D eigenvalue weighted by Gasteiger charge is -2.32. The van der Waals surface area contributed by atoms with Gasteiger partial charge < -0.3 is 19.5 Å². The Morgan fingerprint density at radius 2 is 1.89 bits per heavy atom. The fourth-order valence-electron chi connectivity index (χ4n) is 2.04. The van der Waals surface area contributed by atoms with Crippen LogP contribution in [0.25, 0.3) is 0 Å². The van der Waals surface area contributed by atoms with Crippen LogP contribution in [0.1, 0.15) is 13.8 Å². The van der Waals surface area contributed by atoms with E-state index in [1.54, 1.807) is 14.2 Å². The van der Waals surface area contributed by atoms with E-state index in [1.165, 1.54) is 0 Å². The van der Waals surface area contributed by atoms with Crippen LogP contribution in [0.5, 0.6) is 11.5 Å². The number of ether oxygens (including phenoxy) is 2. The standard InChI is InChI=1S/C14H23NO3/c1-10(2)13(9-16)15(3)12-7-6-11(17-4)8-14(12)18-5/h6-8,10,13,16H,9H2,1-5H3. The molecule has 0 aliphatic rings. The third-order valence-electron chi connectivity index (χ3n) is 3.22. The first-order chi connectivity index (χ1) is 8.54. The predicted octanol–water partition coefficient (Wildman–Crippen LogP) is 2.16. The lowest BCUT2D eigenvalue weighted by atomic mass is 10.0. The largest absolute Gasteiger partial charge is 0.497 e. The average Bonchev–Trinajstić information content (AvgIpc) is 2.38. The summed E-state index contributed by atoms with van der Waals surface area (Å²) < 4.78 is 10.6. The third kappa shape index (κ3) is 3.07. The van der Waals surface area contributed by atoms with E-state index in [0.29, 0.717) is 5.92 Å². The van der Waals surface area contributed by atoms with Gasteiger partial charge in [-0.25, -0.2) is 0 Å². The van der Waals surface area contributed by atoms with Gasteiger partial charge in [0.2, 0.25) is 0 Å². The number of aliphatic hydroxyl groups excluding tert-OH is 1. The molecule has 1 atom stereocenters. The van der Waals surface area contributed by atoms with Gasteiger partial charge in [-0.15, -0.1) is 0 Å². The predicted molar refractivity (Wildman–Crippen MR) is 73.7 cm³/mol. The van der Waals surface area contributed by atoms with E-state index in [0.717, 1.165) is 17.2 Å². The van der Waals surface area contributed by atoms with Crippen molar-refractivity contribution in [2.45, 2.75) is 19.9 Å². The maximum atomic E-state index is 9.49. The summed E-state index contributed by atoms with van der Waals surface area (Å²) in [5.74, 6) is 1.86. The smallest absolute Gasteiger partial charge is 0.145 e. The zero-order valence-corrected chi connectivity index (χ0v) is 11.8. The molecule has 1 aromatic carbocycles. The molecule has 102 valence electrons. The summed E-state index contributed by atoms with van der Waals surface area (Å²) in [4.78, 5) is 2.04. The Bertz CT molecular complexity index is 379. The summed E-state index contributed by atoms with van der Waals surface area (Å²) in [6, 6.07) is 5.75. The number of hydrogen-bond acceptors (Lipinski definition) is 4. The Hall–Kier alpha value is -1.42. The molecule has 4 nitrogen and oxygen atoms in total. The summed E-state index contributed by atoms with van der Waals surface area (Å²) >= 11 is 0. The summed E-state index contributed by atoms with van der Waals surface area (Å²) in [6.45, 7) is 4.30. The summed E-state index contributed by atoms with van der Waals surface area (Å²) in [7, 11) is 5.23. The van der Waals surface area contributed by atoms with Gasteiger partial charge in [0.25, 0.3) is 0 Å². The van der Waals surface area contributed by atoms with E-state index in [4.69, 9.17) is 9.47 Å². The van der Waals surface area contributed by atoms with Crippen LogP contribution in [0, 0.1) is 5.92 Å². The zero-order chi connectivity index (χ0) is 13.7. The van der Waals surface area contributed by atoms with Crippen LogP contribution in [-0.2, 0) is 0 Å². The van der Waals surface area contributed by atoms with E-state index in [2.05, 4.69) is 13.8 Å². The first-order valence-electron chi connectivity index (χ1n) is 6.10. The molecular weight excluding hydrogens is 230 g/mol. The average molecular weight is 253 g/mol. The number of methoxy groups -OCH3 is 2. The van der Waals surface area contributed by atoms with Crippen LogP contribution in [0.15, 0.2) is 18.2 Å². The fourth-order valence-corrected chi connectivity index (χ4v) is 2.04. The van der Waals surface area contributed by atoms with Crippen LogP contribution in [0.3, 0.4) is 0 Å². The molecule has 0 spiro atoms. The summed E-state index contributed by atoms with van der Waals surface area (Å²) in [6.07, 6.45) is 0. The third-order valence-corrected chi connectivity index (χ3v) is 3.22. The van der Waals surface area contributed by atoms with Crippen molar-refractivity contribution in [2.75, 3.05) is 32.8 Å². The molecule has 18 heavy (non-hydrogen) atoms. The molecule has 0 heterocycles. The van der Waals surface area contributed by atoms with Crippen molar-refractivity contribution in [3.05, 3.63) is 18.2 Å². The molecular formula is C14H23NO3. The van der Waals surface area contributed by atoms with Crippen LogP contribution in [-0.4, -0.2) is 39.0 Å². The van der Waals surface area contributed by atoms with Gasteiger partial charge >= 0.3 is 0 Å². The molecule has 0 saturated carbocycles. The summed E-state index contributed by atoms with van der Waals surface area (Å²) in [5, 5.41) is 9.49. The molecule has 0 bridgehead atoms. The van der Waals surface area contributed by atoms with Crippen LogP contribution in [0.2, 0.25) is 0 Å². The molecule has 0 saturated heterocycles. The second kappa shape index (κ2) is 6.50. The zero-order valence-electron chi connectivity index (χ0n) is 11.8. The van der Waals surface area contributed by atoms with Crippen LogP contribution in [0.4, 0.5) is 5.69 Å². The molecule has 0 aliphatic carbocycles. The van der Waals surface area contributed by atoms with Crippen molar-refractivity contribution in [1.29, 1.82) is 0 Å². The second-order valence-corrected chi connectivity index (χ2v) is 4.64. The normalized spacial score (nSPS) is 12.4. The van der Waals surface area contributed by atoms with Gasteiger partial charge in [-0.05, 0) is 18.1 Å². The number of anilines is 1. The Morgan fingerprint density at radius 3 is 2.33 bits per heavy atom. The molecule has 1 aromatic rings. The number of nitrogens with zero attached hydrogens (tertiary/aromatic N) is 1. The quantitative estimate of drug-likeness (QED) is 0.843. The van der Waals surface area contributed by atoms with Crippen molar-refractivity contribution in [2.24, 2.45) is 5.92 Å². The minimum atomic E-state index is 0.0623. The Labute approximate surface area is 109 Å². The topological polar surface area (TPSA) is 41.9 Å². The van der Waals surface area contributed by atoms with Crippen molar-refractivity contribution < 1.29 is 14.6 Å². The Morgan fingerprint density at radius 1 is 1.22 bits per heavy atom.